The molecule has 0 fully saturated rings. The molecule has 0 saturated carbocycles. The number of aliphatic carboxylic acids is 1. The highest BCUT2D eigenvalue weighted by Gasteiger charge is 2.02. The SMILES string of the molecule is COc1ccc(-c2cccc(/C(C)=C/C(=O)O)c2)cc1. The number of carboxylic acid groups (broad SMARTS) is 1. The van der Waals surface area contributed by atoms with Crippen LogP contribution in [0.25, 0.3) is 16.7 Å². The number of carboxylic acids is 1. The summed E-state index contributed by atoms with van der Waals surface area (Å²) in [5, 5.41) is 8.80. The van der Waals surface area contributed by atoms with Crippen molar-refractivity contribution in [3.8, 4) is 16.9 Å². The molecule has 0 aliphatic carbocycles. The van der Waals surface area contributed by atoms with Crippen LogP contribution in [0, 0.1) is 0 Å². The van der Waals surface area contributed by atoms with Crippen LogP contribution in [-0.2, 0) is 4.79 Å². The molecule has 0 unspecified atom stereocenters. The quantitative estimate of drug-likeness (QED) is 0.857. The number of allylic oxidation sites excluding steroid dienone is 1. The molecule has 20 heavy (non-hydrogen) atoms. The first-order chi connectivity index (χ1) is 9.60. The molecule has 1 N–H and O–H groups in total. The molecule has 0 aliphatic heterocycles. The van der Waals surface area contributed by atoms with Gasteiger partial charge in [0.15, 0.2) is 0 Å². The van der Waals surface area contributed by atoms with Gasteiger partial charge in [-0.15, -0.1) is 0 Å². The van der Waals surface area contributed by atoms with Gasteiger partial charge in [-0.25, -0.2) is 4.79 Å². The summed E-state index contributed by atoms with van der Waals surface area (Å²) < 4.78 is 5.14. The molecule has 0 saturated heterocycles. The summed E-state index contributed by atoms with van der Waals surface area (Å²) in [6.07, 6.45) is 1.22. The minimum Gasteiger partial charge on any atom is -0.497 e. The van der Waals surface area contributed by atoms with Crippen LogP contribution in [0.2, 0.25) is 0 Å². The molecular formula is C17H16O3. The number of benzene rings is 2. The largest absolute Gasteiger partial charge is 0.497 e. The Kier molecular flexibility index (Phi) is 4.20. The lowest BCUT2D eigenvalue weighted by Crippen LogP contribution is -1.90. The summed E-state index contributed by atoms with van der Waals surface area (Å²) in [6.45, 7) is 1.79. The molecule has 2 rings (SSSR count). The van der Waals surface area contributed by atoms with Crippen LogP contribution in [0.5, 0.6) is 5.75 Å². The van der Waals surface area contributed by atoms with Crippen LogP contribution in [0.15, 0.2) is 54.6 Å². The zero-order valence-corrected chi connectivity index (χ0v) is 11.5. The Morgan fingerprint density at radius 2 is 1.80 bits per heavy atom. The predicted octanol–water partition coefficient (Wildman–Crippen LogP) is 3.85. The number of hydrogen-bond donors (Lipinski definition) is 1. The molecule has 3 nitrogen and oxygen atoms in total. The summed E-state index contributed by atoms with van der Waals surface area (Å²) >= 11 is 0. The Hall–Kier alpha value is -2.55. The zero-order chi connectivity index (χ0) is 14.5. The maximum atomic E-state index is 10.7. The minimum atomic E-state index is -0.933. The fourth-order valence-corrected chi connectivity index (χ4v) is 2.00. The topological polar surface area (TPSA) is 46.5 Å². The van der Waals surface area contributed by atoms with Crippen LogP contribution in [0.4, 0.5) is 0 Å². The van der Waals surface area contributed by atoms with Crippen molar-refractivity contribution in [2.45, 2.75) is 6.92 Å². The van der Waals surface area contributed by atoms with Crippen molar-refractivity contribution in [3.05, 3.63) is 60.2 Å². The number of ether oxygens (including phenoxy) is 1. The summed E-state index contributed by atoms with van der Waals surface area (Å²) in [5.74, 6) is -0.121. The molecule has 3 heteroatoms. The summed E-state index contributed by atoms with van der Waals surface area (Å²) in [5.41, 5.74) is 3.74. The number of carbonyl (C=O) groups is 1. The Morgan fingerprint density at radius 3 is 2.40 bits per heavy atom. The highest BCUT2D eigenvalue weighted by atomic mass is 16.5. The summed E-state index contributed by atoms with van der Waals surface area (Å²) in [6, 6.07) is 15.6. The average Bonchev–Trinajstić information content (AvgIpc) is 2.47. The first-order valence-corrected chi connectivity index (χ1v) is 6.26. The van der Waals surface area contributed by atoms with Gasteiger partial charge in [-0.2, -0.15) is 0 Å². The van der Waals surface area contributed by atoms with E-state index in [-0.39, 0.29) is 0 Å². The minimum absolute atomic E-state index is 0.730. The average molecular weight is 268 g/mol. The van der Waals surface area contributed by atoms with E-state index in [0.717, 1.165) is 28.0 Å². The molecule has 0 atom stereocenters. The second kappa shape index (κ2) is 6.06. The van der Waals surface area contributed by atoms with Crippen molar-refractivity contribution in [1.82, 2.24) is 0 Å². The lowest BCUT2D eigenvalue weighted by atomic mass is 9.99. The smallest absolute Gasteiger partial charge is 0.328 e. The molecule has 0 aliphatic rings. The van der Waals surface area contributed by atoms with E-state index in [2.05, 4.69) is 0 Å². The Balaban J connectivity index is 2.36. The van der Waals surface area contributed by atoms with Gasteiger partial charge in [-0.3, -0.25) is 0 Å². The highest BCUT2D eigenvalue weighted by molar-refractivity contribution is 5.90. The van der Waals surface area contributed by atoms with Crippen molar-refractivity contribution >= 4 is 11.5 Å². The zero-order valence-electron chi connectivity index (χ0n) is 11.5. The van der Waals surface area contributed by atoms with E-state index < -0.39 is 5.97 Å². The maximum Gasteiger partial charge on any atom is 0.328 e. The van der Waals surface area contributed by atoms with Crippen LogP contribution < -0.4 is 4.74 Å². The first-order valence-electron chi connectivity index (χ1n) is 6.26. The van der Waals surface area contributed by atoms with Crippen LogP contribution in [0.1, 0.15) is 12.5 Å². The lowest BCUT2D eigenvalue weighted by Gasteiger charge is -2.07. The van der Waals surface area contributed by atoms with Crippen molar-refractivity contribution in [1.29, 1.82) is 0 Å². The van der Waals surface area contributed by atoms with E-state index in [4.69, 9.17) is 9.84 Å². The van der Waals surface area contributed by atoms with Gasteiger partial charge in [0.2, 0.25) is 0 Å². The number of rotatable bonds is 4. The highest BCUT2D eigenvalue weighted by Crippen LogP contribution is 2.25. The molecule has 2 aromatic carbocycles. The number of methoxy groups -OCH3 is 1. The van der Waals surface area contributed by atoms with Gasteiger partial charge < -0.3 is 9.84 Å². The van der Waals surface area contributed by atoms with Gasteiger partial charge >= 0.3 is 5.97 Å². The van der Waals surface area contributed by atoms with Gasteiger partial charge in [-0.1, -0.05) is 30.3 Å². The Labute approximate surface area is 118 Å². The van der Waals surface area contributed by atoms with Crippen molar-refractivity contribution < 1.29 is 14.6 Å². The molecule has 2 aromatic rings. The number of hydrogen-bond acceptors (Lipinski definition) is 2. The fourth-order valence-electron chi connectivity index (χ4n) is 2.00. The molecule has 0 spiro atoms. The molecule has 0 amide bonds. The van der Waals surface area contributed by atoms with E-state index >= 15 is 0 Å². The molecule has 0 aromatic heterocycles. The van der Waals surface area contributed by atoms with E-state index in [9.17, 15) is 4.79 Å². The first kappa shape index (κ1) is 13.9. The Bertz CT molecular complexity index is 640. The van der Waals surface area contributed by atoms with Gasteiger partial charge in [0.25, 0.3) is 0 Å². The van der Waals surface area contributed by atoms with E-state index in [1.165, 1.54) is 6.08 Å². The van der Waals surface area contributed by atoms with Crippen LogP contribution in [0.3, 0.4) is 0 Å². The lowest BCUT2D eigenvalue weighted by molar-refractivity contribution is -0.131. The van der Waals surface area contributed by atoms with E-state index in [1.807, 2.05) is 48.5 Å². The second-order valence-electron chi connectivity index (χ2n) is 4.47. The van der Waals surface area contributed by atoms with Gasteiger partial charge in [0.05, 0.1) is 7.11 Å². The monoisotopic (exact) mass is 268 g/mol. The standard InChI is InChI=1S/C17H16O3/c1-12(10-17(18)19)14-4-3-5-15(11-14)13-6-8-16(20-2)9-7-13/h3-11H,1-2H3,(H,18,19)/b12-10+. The van der Waals surface area contributed by atoms with Crippen molar-refractivity contribution in [3.63, 3.8) is 0 Å². The van der Waals surface area contributed by atoms with Gasteiger partial charge in [0.1, 0.15) is 5.75 Å². The van der Waals surface area contributed by atoms with Gasteiger partial charge in [0, 0.05) is 6.08 Å². The molecular weight excluding hydrogens is 252 g/mol. The van der Waals surface area contributed by atoms with Crippen molar-refractivity contribution in [2.75, 3.05) is 7.11 Å². The summed E-state index contributed by atoms with van der Waals surface area (Å²) in [4.78, 5) is 10.7. The summed E-state index contributed by atoms with van der Waals surface area (Å²) in [7, 11) is 1.63. The van der Waals surface area contributed by atoms with Crippen LogP contribution >= 0.6 is 0 Å². The third-order valence-corrected chi connectivity index (χ3v) is 3.08. The molecule has 0 bridgehead atoms. The predicted molar refractivity (Wildman–Crippen MR) is 79.7 cm³/mol. The normalized spacial score (nSPS) is 11.2. The van der Waals surface area contributed by atoms with Gasteiger partial charge in [-0.05, 0) is 47.4 Å². The molecule has 0 heterocycles. The Morgan fingerprint density at radius 1 is 1.10 bits per heavy atom. The van der Waals surface area contributed by atoms with E-state index in [1.54, 1.807) is 14.0 Å². The maximum absolute atomic E-state index is 10.7. The second-order valence-corrected chi connectivity index (χ2v) is 4.47. The third-order valence-electron chi connectivity index (χ3n) is 3.08. The molecule has 102 valence electrons. The third kappa shape index (κ3) is 3.26. The molecule has 0 radical (unpaired) electrons. The van der Waals surface area contributed by atoms with Crippen molar-refractivity contribution in [2.24, 2.45) is 0 Å². The van der Waals surface area contributed by atoms with E-state index in [0.29, 0.717) is 0 Å². The van der Waals surface area contributed by atoms with Crippen LogP contribution in [-0.4, -0.2) is 18.2 Å². The fraction of sp³-hybridized carbons (Fsp3) is 0.118.